The van der Waals surface area contributed by atoms with E-state index in [9.17, 15) is 0 Å². The van der Waals surface area contributed by atoms with Crippen LogP contribution in [0.2, 0.25) is 0 Å². The van der Waals surface area contributed by atoms with Crippen molar-refractivity contribution in [1.82, 2.24) is 10.9 Å². The maximum absolute atomic E-state index is 5.76. The normalized spacial score (nSPS) is 18.1. The highest BCUT2D eigenvalue weighted by Gasteiger charge is 2.19. The Kier molecular flexibility index (Phi) is 3.80. The number of hydrazine groups is 1. The highest BCUT2D eigenvalue weighted by atomic mass is 16.6. The van der Waals surface area contributed by atoms with E-state index in [-0.39, 0.29) is 6.10 Å². The largest absolute Gasteiger partial charge is 0.486 e. The molecule has 4 nitrogen and oxygen atoms in total. The standard InChI is InChI=1S/C12H16N2O2/c1-2-7-13-14-8-10-9-15-11-5-3-4-6-12(11)16-10/h2-6,10,13-14H,1,7-9H2. The van der Waals surface area contributed by atoms with Crippen LogP contribution in [0, 0.1) is 0 Å². The third-order valence-corrected chi connectivity index (χ3v) is 2.27. The van der Waals surface area contributed by atoms with Crippen molar-refractivity contribution in [1.29, 1.82) is 0 Å². The van der Waals surface area contributed by atoms with Crippen molar-refractivity contribution < 1.29 is 9.47 Å². The van der Waals surface area contributed by atoms with E-state index in [2.05, 4.69) is 17.4 Å². The van der Waals surface area contributed by atoms with Crippen LogP contribution in [0.25, 0.3) is 0 Å². The summed E-state index contributed by atoms with van der Waals surface area (Å²) in [6.07, 6.45) is 1.83. The molecule has 0 fully saturated rings. The van der Waals surface area contributed by atoms with E-state index in [1.165, 1.54) is 0 Å². The molecule has 86 valence electrons. The molecule has 0 aromatic heterocycles. The summed E-state index contributed by atoms with van der Waals surface area (Å²) in [6.45, 7) is 5.61. The van der Waals surface area contributed by atoms with Crippen molar-refractivity contribution >= 4 is 0 Å². The summed E-state index contributed by atoms with van der Waals surface area (Å²) < 4.78 is 11.3. The van der Waals surface area contributed by atoms with Gasteiger partial charge in [0.2, 0.25) is 0 Å². The molecular formula is C12H16N2O2. The van der Waals surface area contributed by atoms with Gasteiger partial charge in [-0.2, -0.15) is 0 Å². The Balaban J connectivity index is 1.81. The summed E-state index contributed by atoms with van der Waals surface area (Å²) in [6, 6.07) is 7.70. The van der Waals surface area contributed by atoms with Crippen LogP contribution in [-0.4, -0.2) is 25.8 Å². The van der Waals surface area contributed by atoms with E-state index in [1.807, 2.05) is 24.3 Å². The van der Waals surface area contributed by atoms with Crippen molar-refractivity contribution in [3.8, 4) is 11.5 Å². The minimum Gasteiger partial charge on any atom is -0.486 e. The molecule has 0 radical (unpaired) electrons. The van der Waals surface area contributed by atoms with Gasteiger partial charge in [0.15, 0.2) is 11.5 Å². The molecule has 1 atom stereocenters. The first-order chi connectivity index (χ1) is 7.90. The van der Waals surface area contributed by atoms with Gasteiger partial charge < -0.3 is 9.47 Å². The Hall–Kier alpha value is -1.52. The Morgan fingerprint density at radius 2 is 2.12 bits per heavy atom. The fraction of sp³-hybridized carbons (Fsp3) is 0.333. The number of rotatable bonds is 5. The van der Waals surface area contributed by atoms with Crippen molar-refractivity contribution in [2.24, 2.45) is 0 Å². The zero-order valence-corrected chi connectivity index (χ0v) is 9.11. The lowest BCUT2D eigenvalue weighted by Crippen LogP contribution is -2.43. The lowest BCUT2D eigenvalue weighted by atomic mass is 10.2. The summed E-state index contributed by atoms with van der Waals surface area (Å²) >= 11 is 0. The lowest BCUT2D eigenvalue weighted by molar-refractivity contribution is 0.0880. The monoisotopic (exact) mass is 220 g/mol. The molecule has 1 aromatic carbocycles. The molecule has 1 aromatic rings. The summed E-state index contributed by atoms with van der Waals surface area (Å²) in [5.41, 5.74) is 6.06. The number of fused-ring (bicyclic) bond motifs is 1. The van der Waals surface area contributed by atoms with Gasteiger partial charge in [-0.25, -0.2) is 0 Å². The second kappa shape index (κ2) is 5.53. The fourth-order valence-electron chi connectivity index (χ4n) is 1.49. The van der Waals surface area contributed by atoms with Gasteiger partial charge in [0, 0.05) is 6.54 Å². The van der Waals surface area contributed by atoms with E-state index in [0.29, 0.717) is 13.2 Å². The molecule has 0 saturated heterocycles. The van der Waals surface area contributed by atoms with Crippen LogP contribution >= 0.6 is 0 Å². The van der Waals surface area contributed by atoms with Gasteiger partial charge in [-0.3, -0.25) is 10.9 Å². The third-order valence-electron chi connectivity index (χ3n) is 2.27. The first-order valence-corrected chi connectivity index (χ1v) is 5.35. The van der Waals surface area contributed by atoms with Crippen molar-refractivity contribution in [2.75, 3.05) is 19.7 Å². The van der Waals surface area contributed by atoms with Crippen LogP contribution < -0.4 is 20.3 Å². The van der Waals surface area contributed by atoms with Crippen molar-refractivity contribution in [2.45, 2.75) is 6.10 Å². The smallest absolute Gasteiger partial charge is 0.161 e. The zero-order valence-electron chi connectivity index (χ0n) is 9.11. The summed E-state index contributed by atoms with van der Waals surface area (Å²) in [5.74, 6) is 1.63. The number of hydrogen-bond donors (Lipinski definition) is 2. The predicted molar refractivity (Wildman–Crippen MR) is 62.6 cm³/mol. The van der Waals surface area contributed by atoms with Crippen LogP contribution in [0.4, 0.5) is 0 Å². The Morgan fingerprint density at radius 1 is 1.31 bits per heavy atom. The van der Waals surface area contributed by atoms with Gasteiger partial charge in [0.25, 0.3) is 0 Å². The first-order valence-electron chi connectivity index (χ1n) is 5.35. The molecule has 2 N–H and O–H groups in total. The molecule has 1 aliphatic heterocycles. The summed E-state index contributed by atoms with van der Waals surface area (Å²) in [7, 11) is 0. The average Bonchev–Trinajstić information content (AvgIpc) is 2.34. The number of ether oxygens (including phenoxy) is 2. The number of hydrogen-bond acceptors (Lipinski definition) is 4. The highest BCUT2D eigenvalue weighted by molar-refractivity contribution is 5.40. The molecule has 0 bridgehead atoms. The van der Waals surface area contributed by atoms with E-state index in [0.717, 1.165) is 18.0 Å². The number of para-hydroxylation sites is 2. The maximum Gasteiger partial charge on any atom is 0.161 e. The van der Waals surface area contributed by atoms with Crippen molar-refractivity contribution in [3.63, 3.8) is 0 Å². The molecule has 16 heavy (non-hydrogen) atoms. The van der Waals surface area contributed by atoms with Crippen LogP contribution in [0.5, 0.6) is 11.5 Å². The van der Waals surface area contributed by atoms with Crippen LogP contribution in [0.3, 0.4) is 0 Å². The Labute approximate surface area is 95.2 Å². The van der Waals surface area contributed by atoms with Gasteiger partial charge in [-0.05, 0) is 12.1 Å². The molecule has 0 spiro atoms. The minimum atomic E-state index is 0.0345. The van der Waals surface area contributed by atoms with Gasteiger partial charge >= 0.3 is 0 Å². The zero-order chi connectivity index (χ0) is 11.2. The van der Waals surface area contributed by atoms with Crippen LogP contribution in [0.1, 0.15) is 0 Å². The van der Waals surface area contributed by atoms with Gasteiger partial charge in [0.1, 0.15) is 12.7 Å². The summed E-state index contributed by atoms with van der Waals surface area (Å²) in [5, 5.41) is 0. The minimum absolute atomic E-state index is 0.0345. The number of benzene rings is 1. The predicted octanol–water partition coefficient (Wildman–Crippen LogP) is 1.11. The van der Waals surface area contributed by atoms with E-state index in [1.54, 1.807) is 6.08 Å². The topological polar surface area (TPSA) is 42.5 Å². The van der Waals surface area contributed by atoms with Gasteiger partial charge in [0.05, 0.1) is 6.54 Å². The van der Waals surface area contributed by atoms with Gasteiger partial charge in [-0.15, -0.1) is 6.58 Å². The average molecular weight is 220 g/mol. The molecule has 1 unspecified atom stereocenters. The van der Waals surface area contributed by atoms with Gasteiger partial charge in [-0.1, -0.05) is 18.2 Å². The third kappa shape index (κ3) is 2.74. The van der Waals surface area contributed by atoms with Crippen LogP contribution in [0.15, 0.2) is 36.9 Å². The molecule has 0 saturated carbocycles. The Morgan fingerprint density at radius 3 is 2.94 bits per heavy atom. The quantitative estimate of drug-likeness (QED) is 0.443. The molecule has 4 heteroatoms. The fourth-order valence-corrected chi connectivity index (χ4v) is 1.49. The van der Waals surface area contributed by atoms with E-state index >= 15 is 0 Å². The molecular weight excluding hydrogens is 204 g/mol. The second-order valence-corrected chi connectivity index (χ2v) is 3.55. The molecule has 1 aliphatic rings. The SMILES string of the molecule is C=CCNNCC1COc2ccccc2O1. The molecule has 1 heterocycles. The molecule has 0 amide bonds. The Bertz CT molecular complexity index is 355. The summed E-state index contributed by atoms with van der Waals surface area (Å²) in [4.78, 5) is 0. The van der Waals surface area contributed by atoms with Crippen molar-refractivity contribution in [3.05, 3.63) is 36.9 Å². The highest BCUT2D eigenvalue weighted by Crippen LogP contribution is 2.30. The van der Waals surface area contributed by atoms with E-state index < -0.39 is 0 Å². The van der Waals surface area contributed by atoms with Crippen LogP contribution in [-0.2, 0) is 0 Å². The molecule has 0 aliphatic carbocycles. The second-order valence-electron chi connectivity index (χ2n) is 3.55. The maximum atomic E-state index is 5.76. The lowest BCUT2D eigenvalue weighted by Gasteiger charge is -2.26. The number of nitrogens with one attached hydrogen (secondary N) is 2. The molecule has 2 rings (SSSR count). The first kappa shape index (κ1) is 11.0. The van der Waals surface area contributed by atoms with E-state index in [4.69, 9.17) is 9.47 Å².